The smallest absolute Gasteiger partial charge is 0.141 e. The summed E-state index contributed by atoms with van der Waals surface area (Å²) in [7, 11) is 0. The molecule has 1 aliphatic carbocycles. The molecule has 1 fully saturated rings. The van der Waals surface area contributed by atoms with Crippen LogP contribution in [0.1, 0.15) is 43.6 Å². The van der Waals surface area contributed by atoms with Gasteiger partial charge in [0.15, 0.2) is 0 Å². The summed E-state index contributed by atoms with van der Waals surface area (Å²) in [6.07, 6.45) is 5.74. The van der Waals surface area contributed by atoms with Crippen molar-refractivity contribution in [2.75, 3.05) is 6.54 Å². The molecular formula is C15H21NO. The largest absolute Gasteiger partial charge is 0.329 e. The van der Waals surface area contributed by atoms with Crippen LogP contribution in [0.2, 0.25) is 0 Å². The number of hydrogen-bond acceptors (Lipinski definition) is 2. The van der Waals surface area contributed by atoms with Crippen molar-refractivity contribution in [1.29, 1.82) is 0 Å². The summed E-state index contributed by atoms with van der Waals surface area (Å²) in [6, 6.07) is 9.92. The Balaban J connectivity index is 2.00. The summed E-state index contributed by atoms with van der Waals surface area (Å²) >= 11 is 0. The van der Waals surface area contributed by atoms with E-state index in [-0.39, 0.29) is 5.92 Å². The number of Topliss-reactive ketones (excluding diaryl/α,β-unsaturated/α-hetero) is 1. The minimum Gasteiger partial charge on any atom is -0.329 e. The Kier molecular flexibility index (Phi) is 4.32. The lowest BCUT2D eigenvalue weighted by molar-refractivity contribution is -0.121. The van der Waals surface area contributed by atoms with Gasteiger partial charge in [-0.25, -0.2) is 0 Å². The zero-order chi connectivity index (χ0) is 12.1. The normalized spacial score (nSPS) is 18.2. The van der Waals surface area contributed by atoms with Crippen molar-refractivity contribution in [3.8, 4) is 0 Å². The Morgan fingerprint density at radius 2 is 1.88 bits per heavy atom. The highest BCUT2D eigenvalue weighted by atomic mass is 16.1. The number of carbonyl (C=O) groups excluding carboxylic acids is 1. The molecule has 1 atom stereocenters. The molecule has 17 heavy (non-hydrogen) atoms. The van der Waals surface area contributed by atoms with Crippen LogP contribution in [0.15, 0.2) is 30.3 Å². The van der Waals surface area contributed by atoms with E-state index in [1.165, 1.54) is 25.7 Å². The van der Waals surface area contributed by atoms with E-state index in [9.17, 15) is 4.79 Å². The second-order valence-corrected chi connectivity index (χ2v) is 5.02. The molecule has 1 aliphatic rings. The Morgan fingerprint density at radius 1 is 1.24 bits per heavy atom. The monoisotopic (exact) mass is 231 g/mol. The molecule has 92 valence electrons. The molecule has 2 rings (SSSR count). The van der Waals surface area contributed by atoms with Crippen molar-refractivity contribution in [2.24, 2.45) is 11.7 Å². The molecule has 1 unspecified atom stereocenters. The van der Waals surface area contributed by atoms with Gasteiger partial charge in [-0.1, -0.05) is 56.0 Å². The van der Waals surface area contributed by atoms with Gasteiger partial charge in [-0.2, -0.15) is 0 Å². The van der Waals surface area contributed by atoms with Crippen molar-refractivity contribution in [3.63, 3.8) is 0 Å². The van der Waals surface area contributed by atoms with E-state index >= 15 is 0 Å². The van der Waals surface area contributed by atoms with Crippen LogP contribution < -0.4 is 5.73 Å². The van der Waals surface area contributed by atoms with Gasteiger partial charge in [0.25, 0.3) is 0 Å². The molecule has 0 spiro atoms. The zero-order valence-electron chi connectivity index (χ0n) is 10.3. The standard InChI is InChI=1S/C15H21NO/c16-11-14(13-8-2-1-3-9-13)15(17)10-12-6-4-5-7-12/h1-3,8-9,12,14H,4-7,10-11,16H2. The fourth-order valence-electron chi connectivity index (χ4n) is 2.78. The molecule has 2 nitrogen and oxygen atoms in total. The highest BCUT2D eigenvalue weighted by molar-refractivity contribution is 5.86. The van der Waals surface area contributed by atoms with Gasteiger partial charge >= 0.3 is 0 Å². The first kappa shape index (κ1) is 12.3. The van der Waals surface area contributed by atoms with Gasteiger partial charge in [0.05, 0.1) is 5.92 Å². The number of ketones is 1. The van der Waals surface area contributed by atoms with E-state index in [0.717, 1.165) is 12.0 Å². The zero-order valence-corrected chi connectivity index (χ0v) is 10.3. The van der Waals surface area contributed by atoms with Crippen molar-refractivity contribution in [3.05, 3.63) is 35.9 Å². The predicted molar refractivity (Wildman–Crippen MR) is 69.8 cm³/mol. The van der Waals surface area contributed by atoms with E-state index in [0.29, 0.717) is 18.2 Å². The molecule has 2 heteroatoms. The Morgan fingerprint density at radius 3 is 2.47 bits per heavy atom. The maximum Gasteiger partial charge on any atom is 0.141 e. The fourth-order valence-corrected chi connectivity index (χ4v) is 2.78. The van der Waals surface area contributed by atoms with Crippen LogP contribution in [0.25, 0.3) is 0 Å². The lowest BCUT2D eigenvalue weighted by Crippen LogP contribution is -2.23. The highest BCUT2D eigenvalue weighted by Gasteiger charge is 2.24. The molecule has 2 N–H and O–H groups in total. The SMILES string of the molecule is NCC(C(=O)CC1CCCC1)c1ccccc1. The molecule has 0 saturated heterocycles. The van der Waals surface area contributed by atoms with Gasteiger partial charge in [0, 0.05) is 13.0 Å². The Hall–Kier alpha value is -1.15. The van der Waals surface area contributed by atoms with Gasteiger partial charge in [0.2, 0.25) is 0 Å². The fraction of sp³-hybridized carbons (Fsp3) is 0.533. The van der Waals surface area contributed by atoms with Crippen LogP contribution in [0.5, 0.6) is 0 Å². The van der Waals surface area contributed by atoms with E-state index in [4.69, 9.17) is 5.73 Å². The minimum absolute atomic E-state index is 0.100. The minimum atomic E-state index is -0.100. The maximum atomic E-state index is 12.3. The third-order valence-corrected chi connectivity index (χ3v) is 3.79. The summed E-state index contributed by atoms with van der Waals surface area (Å²) < 4.78 is 0. The molecule has 0 radical (unpaired) electrons. The number of carbonyl (C=O) groups is 1. The average molecular weight is 231 g/mol. The Labute approximate surface area is 103 Å². The third kappa shape index (κ3) is 3.16. The molecular weight excluding hydrogens is 210 g/mol. The summed E-state index contributed by atoms with van der Waals surface area (Å²) in [5, 5.41) is 0. The highest BCUT2D eigenvalue weighted by Crippen LogP contribution is 2.30. The van der Waals surface area contributed by atoms with Crippen LogP contribution in [0.4, 0.5) is 0 Å². The predicted octanol–water partition coefficient (Wildman–Crippen LogP) is 2.88. The molecule has 1 saturated carbocycles. The second kappa shape index (κ2) is 5.97. The van der Waals surface area contributed by atoms with E-state index in [1.807, 2.05) is 30.3 Å². The number of nitrogens with two attached hydrogens (primary N) is 1. The number of rotatable bonds is 5. The molecule has 0 amide bonds. The molecule has 0 heterocycles. The lowest BCUT2D eigenvalue weighted by Gasteiger charge is -2.16. The number of benzene rings is 1. The van der Waals surface area contributed by atoms with Crippen molar-refractivity contribution >= 4 is 5.78 Å². The molecule has 1 aromatic carbocycles. The van der Waals surface area contributed by atoms with E-state index in [2.05, 4.69) is 0 Å². The first-order chi connectivity index (χ1) is 8.31. The van der Waals surface area contributed by atoms with Gasteiger partial charge in [-0.3, -0.25) is 4.79 Å². The topological polar surface area (TPSA) is 43.1 Å². The van der Waals surface area contributed by atoms with E-state index in [1.54, 1.807) is 0 Å². The van der Waals surface area contributed by atoms with Crippen molar-refractivity contribution in [2.45, 2.75) is 38.0 Å². The first-order valence-electron chi connectivity index (χ1n) is 6.59. The molecule has 0 bridgehead atoms. The maximum absolute atomic E-state index is 12.3. The van der Waals surface area contributed by atoms with Crippen LogP contribution >= 0.6 is 0 Å². The van der Waals surface area contributed by atoms with Crippen LogP contribution in [-0.2, 0) is 4.79 Å². The van der Waals surface area contributed by atoms with Crippen LogP contribution in [0, 0.1) is 5.92 Å². The van der Waals surface area contributed by atoms with Crippen molar-refractivity contribution < 1.29 is 4.79 Å². The average Bonchev–Trinajstić information content (AvgIpc) is 2.84. The Bertz CT molecular complexity index is 354. The van der Waals surface area contributed by atoms with Crippen molar-refractivity contribution in [1.82, 2.24) is 0 Å². The van der Waals surface area contributed by atoms with Gasteiger partial charge in [-0.05, 0) is 11.5 Å². The summed E-state index contributed by atoms with van der Waals surface area (Å²) in [5.74, 6) is 0.836. The summed E-state index contributed by atoms with van der Waals surface area (Å²) in [4.78, 5) is 12.3. The second-order valence-electron chi connectivity index (χ2n) is 5.02. The lowest BCUT2D eigenvalue weighted by atomic mass is 9.88. The van der Waals surface area contributed by atoms with Gasteiger partial charge in [0.1, 0.15) is 5.78 Å². The van der Waals surface area contributed by atoms with Crippen LogP contribution in [-0.4, -0.2) is 12.3 Å². The first-order valence-corrected chi connectivity index (χ1v) is 6.59. The molecule has 0 aliphatic heterocycles. The molecule has 0 aromatic heterocycles. The summed E-state index contributed by atoms with van der Waals surface area (Å²) in [6.45, 7) is 0.426. The van der Waals surface area contributed by atoms with E-state index < -0.39 is 0 Å². The molecule has 1 aromatic rings. The van der Waals surface area contributed by atoms with Gasteiger partial charge < -0.3 is 5.73 Å². The third-order valence-electron chi connectivity index (χ3n) is 3.79. The van der Waals surface area contributed by atoms with Crippen LogP contribution in [0.3, 0.4) is 0 Å². The quantitative estimate of drug-likeness (QED) is 0.846. The van der Waals surface area contributed by atoms with Gasteiger partial charge in [-0.15, -0.1) is 0 Å². The number of hydrogen-bond donors (Lipinski definition) is 1. The summed E-state index contributed by atoms with van der Waals surface area (Å²) in [5.41, 5.74) is 6.83.